The van der Waals surface area contributed by atoms with E-state index in [1.165, 1.54) is 15.8 Å². The van der Waals surface area contributed by atoms with Gasteiger partial charge in [-0.1, -0.05) is 6.07 Å². The molecule has 1 atom stereocenters. The van der Waals surface area contributed by atoms with Crippen molar-refractivity contribution in [3.05, 3.63) is 59.4 Å². The Morgan fingerprint density at radius 2 is 2.20 bits per heavy atom. The van der Waals surface area contributed by atoms with Crippen molar-refractivity contribution in [3.8, 4) is 0 Å². The van der Waals surface area contributed by atoms with Crippen molar-refractivity contribution in [1.29, 1.82) is 0 Å². The SMILES string of the molecule is C[C@@H](c1cccnc1)N(C)Cc1cnc2ccsc2c1. The van der Waals surface area contributed by atoms with Crippen LogP contribution in [0.3, 0.4) is 0 Å². The molecule has 0 aliphatic heterocycles. The smallest absolute Gasteiger partial charge is 0.0809 e. The molecule has 0 aliphatic carbocycles. The Balaban J connectivity index is 1.76. The van der Waals surface area contributed by atoms with E-state index in [0.29, 0.717) is 6.04 Å². The Bertz CT molecular complexity index is 693. The van der Waals surface area contributed by atoms with E-state index in [9.17, 15) is 0 Å². The summed E-state index contributed by atoms with van der Waals surface area (Å²) in [4.78, 5) is 11.0. The number of aromatic nitrogens is 2. The van der Waals surface area contributed by atoms with E-state index < -0.39 is 0 Å². The van der Waals surface area contributed by atoms with E-state index in [1.54, 1.807) is 11.3 Å². The van der Waals surface area contributed by atoms with E-state index in [4.69, 9.17) is 0 Å². The second-order valence-electron chi connectivity index (χ2n) is 5.02. The first-order valence-corrected chi connectivity index (χ1v) is 7.54. The van der Waals surface area contributed by atoms with Crippen LogP contribution in [-0.2, 0) is 6.54 Å². The fourth-order valence-corrected chi connectivity index (χ4v) is 3.08. The summed E-state index contributed by atoms with van der Waals surface area (Å²) in [6, 6.07) is 8.74. The van der Waals surface area contributed by atoms with Gasteiger partial charge in [0.25, 0.3) is 0 Å². The number of hydrogen-bond acceptors (Lipinski definition) is 4. The van der Waals surface area contributed by atoms with Gasteiger partial charge in [0, 0.05) is 31.2 Å². The Labute approximate surface area is 122 Å². The standard InChI is InChI=1S/C16H17N3S/c1-12(14-4-3-6-17-10-14)19(2)11-13-8-16-15(18-9-13)5-7-20-16/h3-10,12H,11H2,1-2H3/t12-/m0/s1. The van der Waals surface area contributed by atoms with Crippen LogP contribution in [0.15, 0.2) is 48.2 Å². The summed E-state index contributed by atoms with van der Waals surface area (Å²) < 4.78 is 1.25. The minimum Gasteiger partial charge on any atom is -0.295 e. The lowest BCUT2D eigenvalue weighted by Gasteiger charge is -2.24. The molecule has 0 radical (unpaired) electrons. The molecule has 0 unspecified atom stereocenters. The monoisotopic (exact) mass is 283 g/mol. The van der Waals surface area contributed by atoms with Gasteiger partial charge in [-0.15, -0.1) is 11.3 Å². The van der Waals surface area contributed by atoms with Crippen molar-refractivity contribution in [1.82, 2.24) is 14.9 Å². The van der Waals surface area contributed by atoms with Gasteiger partial charge >= 0.3 is 0 Å². The third kappa shape index (κ3) is 2.71. The Morgan fingerprint density at radius 1 is 1.30 bits per heavy atom. The molecule has 0 spiro atoms. The van der Waals surface area contributed by atoms with Gasteiger partial charge in [-0.25, -0.2) is 0 Å². The third-order valence-corrected chi connectivity index (χ3v) is 4.47. The molecule has 3 aromatic heterocycles. The molecular weight excluding hydrogens is 266 g/mol. The first-order valence-electron chi connectivity index (χ1n) is 6.66. The molecular formula is C16H17N3S. The van der Waals surface area contributed by atoms with Crippen LogP contribution < -0.4 is 0 Å². The maximum absolute atomic E-state index is 4.50. The predicted molar refractivity (Wildman–Crippen MR) is 83.7 cm³/mol. The van der Waals surface area contributed by atoms with Gasteiger partial charge in [0.15, 0.2) is 0 Å². The van der Waals surface area contributed by atoms with Gasteiger partial charge in [-0.2, -0.15) is 0 Å². The normalized spacial score (nSPS) is 12.9. The first kappa shape index (κ1) is 13.2. The van der Waals surface area contributed by atoms with Crippen molar-refractivity contribution in [2.75, 3.05) is 7.05 Å². The van der Waals surface area contributed by atoms with Gasteiger partial charge in [0.2, 0.25) is 0 Å². The summed E-state index contributed by atoms with van der Waals surface area (Å²) in [6.45, 7) is 3.09. The van der Waals surface area contributed by atoms with Crippen molar-refractivity contribution < 1.29 is 0 Å². The number of thiophene rings is 1. The third-order valence-electron chi connectivity index (χ3n) is 3.62. The molecule has 0 saturated carbocycles. The number of pyridine rings is 2. The molecule has 0 N–H and O–H groups in total. The second-order valence-corrected chi connectivity index (χ2v) is 5.97. The van der Waals surface area contributed by atoms with Crippen molar-refractivity contribution >= 4 is 21.6 Å². The zero-order valence-electron chi connectivity index (χ0n) is 11.7. The summed E-state index contributed by atoms with van der Waals surface area (Å²) in [6.07, 6.45) is 5.72. The molecule has 3 nitrogen and oxygen atoms in total. The highest BCUT2D eigenvalue weighted by Gasteiger charge is 2.12. The molecule has 3 aromatic rings. The van der Waals surface area contributed by atoms with Crippen LogP contribution in [0.5, 0.6) is 0 Å². The van der Waals surface area contributed by atoms with E-state index in [1.807, 2.05) is 24.7 Å². The van der Waals surface area contributed by atoms with E-state index in [-0.39, 0.29) is 0 Å². The fraction of sp³-hybridized carbons (Fsp3) is 0.250. The summed E-state index contributed by atoms with van der Waals surface area (Å²) >= 11 is 1.74. The highest BCUT2D eigenvalue weighted by molar-refractivity contribution is 7.17. The van der Waals surface area contributed by atoms with Gasteiger partial charge in [-0.05, 0) is 48.7 Å². The highest BCUT2D eigenvalue weighted by Crippen LogP contribution is 2.23. The zero-order chi connectivity index (χ0) is 13.9. The van der Waals surface area contributed by atoms with E-state index in [0.717, 1.165) is 12.1 Å². The number of fused-ring (bicyclic) bond motifs is 1. The lowest BCUT2D eigenvalue weighted by Crippen LogP contribution is -2.22. The molecule has 3 heterocycles. The maximum Gasteiger partial charge on any atom is 0.0809 e. The van der Waals surface area contributed by atoms with Crippen LogP contribution in [-0.4, -0.2) is 21.9 Å². The van der Waals surface area contributed by atoms with Crippen LogP contribution in [0.2, 0.25) is 0 Å². The highest BCUT2D eigenvalue weighted by atomic mass is 32.1. The van der Waals surface area contributed by atoms with E-state index in [2.05, 4.69) is 52.4 Å². The molecule has 0 aliphatic rings. The summed E-state index contributed by atoms with van der Waals surface area (Å²) in [5.74, 6) is 0. The van der Waals surface area contributed by atoms with Gasteiger partial charge < -0.3 is 0 Å². The minimum atomic E-state index is 0.336. The quantitative estimate of drug-likeness (QED) is 0.727. The molecule has 0 fully saturated rings. The van der Waals surface area contributed by atoms with Crippen LogP contribution in [0, 0.1) is 0 Å². The van der Waals surface area contributed by atoms with Crippen molar-refractivity contribution in [2.24, 2.45) is 0 Å². The lowest BCUT2D eigenvalue weighted by molar-refractivity contribution is 0.252. The molecule has 0 bridgehead atoms. The minimum absolute atomic E-state index is 0.336. The molecule has 20 heavy (non-hydrogen) atoms. The van der Waals surface area contributed by atoms with Crippen LogP contribution in [0.4, 0.5) is 0 Å². The lowest BCUT2D eigenvalue weighted by atomic mass is 10.1. The Hall–Kier alpha value is -1.78. The van der Waals surface area contributed by atoms with Crippen LogP contribution in [0.1, 0.15) is 24.1 Å². The average molecular weight is 283 g/mol. The van der Waals surface area contributed by atoms with Crippen molar-refractivity contribution in [3.63, 3.8) is 0 Å². The molecule has 102 valence electrons. The largest absolute Gasteiger partial charge is 0.295 e. The number of nitrogens with zero attached hydrogens (tertiary/aromatic N) is 3. The first-order chi connectivity index (χ1) is 9.74. The molecule has 0 saturated heterocycles. The summed E-state index contributed by atoms with van der Waals surface area (Å²) in [5, 5.41) is 2.09. The average Bonchev–Trinajstić information content (AvgIpc) is 2.95. The second kappa shape index (κ2) is 5.69. The van der Waals surface area contributed by atoms with Crippen LogP contribution >= 0.6 is 11.3 Å². The predicted octanol–water partition coefficient (Wildman–Crippen LogP) is 3.88. The molecule has 4 heteroatoms. The van der Waals surface area contributed by atoms with Gasteiger partial charge in [-0.3, -0.25) is 14.9 Å². The topological polar surface area (TPSA) is 29.0 Å². The fourth-order valence-electron chi connectivity index (χ4n) is 2.28. The molecule has 0 amide bonds. The zero-order valence-corrected chi connectivity index (χ0v) is 12.5. The van der Waals surface area contributed by atoms with Crippen molar-refractivity contribution in [2.45, 2.75) is 19.5 Å². The Kier molecular flexibility index (Phi) is 3.76. The van der Waals surface area contributed by atoms with Crippen LogP contribution in [0.25, 0.3) is 10.2 Å². The van der Waals surface area contributed by atoms with Gasteiger partial charge in [0.1, 0.15) is 0 Å². The Morgan fingerprint density at radius 3 is 3.00 bits per heavy atom. The number of rotatable bonds is 4. The summed E-state index contributed by atoms with van der Waals surface area (Å²) in [5.41, 5.74) is 3.57. The van der Waals surface area contributed by atoms with E-state index >= 15 is 0 Å². The number of hydrogen-bond donors (Lipinski definition) is 0. The summed E-state index contributed by atoms with van der Waals surface area (Å²) in [7, 11) is 2.14. The maximum atomic E-state index is 4.50. The molecule has 0 aromatic carbocycles. The van der Waals surface area contributed by atoms with Gasteiger partial charge in [0.05, 0.1) is 10.2 Å². The molecule has 3 rings (SSSR count).